The summed E-state index contributed by atoms with van der Waals surface area (Å²) in [6.07, 6.45) is 0. The van der Waals surface area contributed by atoms with Crippen LogP contribution in [0.2, 0.25) is 0 Å². The molecule has 0 radical (unpaired) electrons. The molecule has 0 heterocycles. The summed E-state index contributed by atoms with van der Waals surface area (Å²) in [5.74, 6) is 1.19. The Hall–Kier alpha value is -0.185. The van der Waals surface area contributed by atoms with Gasteiger partial charge in [-0.15, -0.1) is 0 Å². The van der Waals surface area contributed by atoms with Gasteiger partial charge in [0.15, 0.2) is 20.2 Å². The second-order valence-corrected chi connectivity index (χ2v) is 10.8. The topological polar surface area (TPSA) is 168 Å². The zero-order chi connectivity index (χ0) is 34.5. The van der Waals surface area contributed by atoms with Crippen LogP contribution in [0.25, 0.3) is 5.32 Å². The maximum Gasteiger partial charge on any atom is 1.00 e. The fourth-order valence-corrected chi connectivity index (χ4v) is 1.66. The molecule has 0 saturated carbocycles. The Labute approximate surface area is 309 Å². The number of nitriles is 1. The van der Waals surface area contributed by atoms with Crippen LogP contribution in [0.4, 0.5) is 26.3 Å². The first-order valence-corrected chi connectivity index (χ1v) is 13.3. The number of guanidine groups is 1. The molecule has 0 saturated heterocycles. The third-order valence-electron chi connectivity index (χ3n) is 2.62. The van der Waals surface area contributed by atoms with Crippen LogP contribution >= 0.6 is 11.6 Å². The summed E-state index contributed by atoms with van der Waals surface area (Å²) in [4.78, 5) is 8.03. The molecule has 25 heteroatoms. The minimum atomic E-state index is -6.09. The molecule has 0 aromatic heterocycles. The van der Waals surface area contributed by atoms with Gasteiger partial charge in [0.25, 0.3) is 0 Å². The van der Waals surface area contributed by atoms with Gasteiger partial charge in [-0.1, -0.05) is 33.9 Å². The Morgan fingerprint density at radius 1 is 0.761 bits per heavy atom. The van der Waals surface area contributed by atoms with Gasteiger partial charge in [0, 0.05) is 6.92 Å². The van der Waals surface area contributed by atoms with E-state index in [0.717, 1.165) is 0 Å². The normalized spacial score (nSPS) is 9.48. The second-order valence-electron chi connectivity index (χ2n) is 7.69. The van der Waals surface area contributed by atoms with Crippen LogP contribution in [0.5, 0.6) is 0 Å². The molecule has 0 amide bonds. The molecule has 0 fully saturated rings. The number of hydrogen-bond donors (Lipinski definition) is 0. The van der Waals surface area contributed by atoms with Gasteiger partial charge in [-0.05, 0) is 28.2 Å². The van der Waals surface area contributed by atoms with Crippen molar-refractivity contribution in [2.75, 3.05) is 84.6 Å². The molecule has 0 aliphatic rings. The van der Waals surface area contributed by atoms with Gasteiger partial charge in [0.2, 0.25) is 0 Å². The van der Waals surface area contributed by atoms with Gasteiger partial charge in [0.05, 0.1) is 48.4 Å². The van der Waals surface area contributed by atoms with Crippen LogP contribution in [-0.2, 0) is 20.2 Å². The summed E-state index contributed by atoms with van der Waals surface area (Å²) in [6.45, 7) is 1.43. The predicted octanol–water partition coefficient (Wildman–Crippen LogP) is -5.46. The van der Waals surface area contributed by atoms with Gasteiger partial charge in [-0.2, -0.15) is 45.7 Å². The van der Waals surface area contributed by atoms with E-state index in [9.17, 15) is 26.3 Å². The van der Waals surface area contributed by atoms with Crippen molar-refractivity contribution in [2.24, 2.45) is 0 Å². The van der Waals surface area contributed by atoms with Crippen molar-refractivity contribution in [3.8, 4) is 6.07 Å². The molecule has 0 aromatic rings. The van der Waals surface area contributed by atoms with E-state index in [0.29, 0.717) is 0 Å². The maximum absolute atomic E-state index is 10.7. The molecular weight excluding hydrogens is 709 g/mol. The number of alkyl halides is 7. The van der Waals surface area contributed by atoms with Crippen LogP contribution < -0.4 is 50.1 Å². The largest absolute Gasteiger partial charge is 1.00 e. The average Bonchev–Trinajstić information content (AvgIpc) is 2.65. The van der Waals surface area contributed by atoms with E-state index in [2.05, 4.69) is 19.7 Å². The zero-order valence-electron chi connectivity index (χ0n) is 27.0. The molecule has 0 aliphatic heterocycles. The van der Waals surface area contributed by atoms with Crippen molar-refractivity contribution < 1.29 is 107 Å². The second kappa shape index (κ2) is 39.3. The molecule has 13 nitrogen and oxygen atoms in total. The molecule has 0 rings (SSSR count). The van der Waals surface area contributed by atoms with Crippen molar-refractivity contribution >= 4 is 37.8 Å². The SMILES string of the molecule is C.C.C.CC#N.CN(C)C(Cl)N(C)C.CN(C)C(N(C)C)=[N+](C)C.C[N-]C.O=S(=O)([O-])C(F)(F)F.O=S(=O)([O-])C(F)(F)F.[Cl-].[Li+].[Li+]. The third-order valence-corrected chi connectivity index (χ3v) is 4.53. The van der Waals surface area contributed by atoms with Gasteiger partial charge in [-0.25, -0.2) is 16.8 Å². The standard InChI is InChI=1S/C7H18N3.C5H13ClN2.C2H6N.C2H3N.2CHF3O3S.3CH4.ClH.2Li/c1-8(2)7(9(3)4)10(5)6;1-7(2)5(6)8(3)4;1-3-2;1-2-3;2*2-1(3,4)8(5,6)7;;;;;;/h1-6H3;5H,1-4H3;1-2H3;1H3;2*(H,5,6,7);3*1H4;1H;;/q+1;;-1;;;;;;;;2*+1/p-3. The van der Waals surface area contributed by atoms with Crippen LogP contribution in [0.3, 0.4) is 0 Å². The Morgan fingerprint density at radius 2 is 0.891 bits per heavy atom. The summed E-state index contributed by atoms with van der Waals surface area (Å²) in [7, 11) is 11.3. The Bertz CT molecular complexity index is 879. The average molecular weight is 762 g/mol. The molecule has 0 spiro atoms. The molecule has 0 atom stereocenters. The monoisotopic (exact) mass is 760 g/mol. The number of rotatable bonds is 2. The van der Waals surface area contributed by atoms with Crippen molar-refractivity contribution in [1.82, 2.24) is 19.6 Å². The number of hydrogen-bond acceptors (Lipinski definition) is 9. The zero-order valence-corrected chi connectivity index (χ0v) is 30.1. The fourth-order valence-electron chi connectivity index (χ4n) is 1.66. The van der Waals surface area contributed by atoms with Crippen molar-refractivity contribution in [2.45, 2.75) is 45.8 Å². The quantitative estimate of drug-likeness (QED) is 0.0252. The van der Waals surface area contributed by atoms with Crippen LogP contribution in [0.1, 0.15) is 29.2 Å². The van der Waals surface area contributed by atoms with E-state index in [1.807, 2.05) is 80.3 Å². The van der Waals surface area contributed by atoms with Crippen LogP contribution in [0.15, 0.2) is 0 Å². The Kier molecular flexibility index (Phi) is 68.7. The molecule has 278 valence electrons. The summed E-state index contributed by atoms with van der Waals surface area (Å²) >= 11 is 5.80. The Balaban J connectivity index is -0.0000000305. The third kappa shape index (κ3) is 56.2. The fraction of sp³-hybridized carbons (Fsp3) is 0.905. The van der Waals surface area contributed by atoms with Gasteiger partial charge < -0.3 is 26.8 Å². The molecular formula is C21H52Cl2F6Li2N7O6S2-. The predicted molar refractivity (Wildman–Crippen MR) is 160 cm³/mol. The van der Waals surface area contributed by atoms with E-state index in [4.69, 9.17) is 42.8 Å². The minimum absolute atomic E-state index is 0. The van der Waals surface area contributed by atoms with E-state index in [1.165, 1.54) is 12.9 Å². The minimum Gasteiger partial charge on any atom is -1.00 e. The van der Waals surface area contributed by atoms with Crippen LogP contribution in [0, 0.1) is 11.3 Å². The van der Waals surface area contributed by atoms with Crippen molar-refractivity contribution in [3.63, 3.8) is 0 Å². The molecule has 46 heavy (non-hydrogen) atoms. The maximum atomic E-state index is 10.7. The molecule has 0 unspecified atom stereocenters. The summed E-state index contributed by atoms with van der Waals surface area (Å²) in [5, 5.41) is 10.8. The molecule has 0 aliphatic carbocycles. The van der Waals surface area contributed by atoms with Gasteiger partial charge >= 0.3 is 54.7 Å². The number of halogens is 8. The first-order chi connectivity index (χ1) is 17.3. The van der Waals surface area contributed by atoms with E-state index in [1.54, 1.807) is 20.2 Å². The molecule has 0 bridgehead atoms. The summed E-state index contributed by atoms with van der Waals surface area (Å²) in [6, 6.07) is 1.75. The first kappa shape index (κ1) is 80.5. The number of nitrogens with zero attached hydrogens (tertiary/aromatic N) is 7. The smallest absolute Gasteiger partial charge is 1.00 e. The first-order valence-electron chi connectivity index (χ1n) is 10.0. The van der Waals surface area contributed by atoms with E-state index < -0.39 is 31.3 Å². The van der Waals surface area contributed by atoms with Crippen molar-refractivity contribution in [1.29, 1.82) is 5.26 Å². The van der Waals surface area contributed by atoms with Gasteiger partial charge in [0.1, 0.15) is 5.62 Å². The van der Waals surface area contributed by atoms with Crippen molar-refractivity contribution in [3.05, 3.63) is 5.32 Å². The van der Waals surface area contributed by atoms with E-state index >= 15 is 0 Å². The van der Waals surface area contributed by atoms with E-state index in [-0.39, 0.29) is 78.0 Å². The Morgan fingerprint density at radius 3 is 0.891 bits per heavy atom. The summed E-state index contributed by atoms with van der Waals surface area (Å²) < 4.78 is 120. The summed E-state index contributed by atoms with van der Waals surface area (Å²) in [5.41, 5.74) is -11.3. The molecule has 0 N–H and O–H groups in total. The van der Waals surface area contributed by atoms with Crippen LogP contribution in [-0.4, -0.2) is 157 Å². The van der Waals surface area contributed by atoms with Gasteiger partial charge in [-0.3, -0.25) is 24.2 Å². The molecule has 0 aromatic carbocycles.